The highest BCUT2D eigenvalue weighted by Crippen LogP contribution is 2.36. The summed E-state index contributed by atoms with van der Waals surface area (Å²) in [7, 11) is 0. The predicted molar refractivity (Wildman–Crippen MR) is 69.4 cm³/mol. The van der Waals surface area contributed by atoms with Crippen LogP contribution in [0.5, 0.6) is 0 Å². The smallest absolute Gasteiger partial charge is 0.0193 e. The van der Waals surface area contributed by atoms with E-state index in [2.05, 4.69) is 18.7 Å². The molecule has 1 saturated heterocycles. The van der Waals surface area contributed by atoms with Gasteiger partial charge in [0.2, 0.25) is 0 Å². The lowest BCUT2D eigenvalue weighted by atomic mass is 9.85. The zero-order valence-electron chi connectivity index (χ0n) is 11.0. The van der Waals surface area contributed by atoms with Gasteiger partial charge in [0.25, 0.3) is 0 Å². The van der Waals surface area contributed by atoms with Gasteiger partial charge in [-0.25, -0.2) is 0 Å². The highest BCUT2D eigenvalue weighted by molar-refractivity contribution is 4.91. The monoisotopic (exact) mass is 224 g/mol. The third kappa shape index (κ3) is 2.60. The minimum atomic E-state index is 0.380. The van der Waals surface area contributed by atoms with Crippen molar-refractivity contribution in [3.05, 3.63) is 0 Å². The second-order valence-electron chi connectivity index (χ2n) is 5.94. The molecule has 0 spiro atoms. The minimum absolute atomic E-state index is 0.380. The molecule has 0 aromatic rings. The lowest BCUT2D eigenvalue weighted by Crippen LogP contribution is -2.45. The summed E-state index contributed by atoms with van der Waals surface area (Å²) in [4.78, 5) is 2.70. The van der Waals surface area contributed by atoms with Crippen molar-refractivity contribution in [2.24, 2.45) is 17.6 Å². The van der Waals surface area contributed by atoms with Crippen molar-refractivity contribution < 1.29 is 0 Å². The highest BCUT2D eigenvalue weighted by atomic mass is 15.2. The van der Waals surface area contributed by atoms with E-state index in [9.17, 15) is 0 Å². The molecule has 0 aromatic carbocycles. The molecule has 4 unspecified atom stereocenters. The number of nitrogens with zero attached hydrogens (tertiary/aromatic N) is 1. The first-order chi connectivity index (χ1) is 7.72. The highest BCUT2D eigenvalue weighted by Gasteiger charge is 2.36. The Morgan fingerprint density at radius 1 is 1.25 bits per heavy atom. The van der Waals surface area contributed by atoms with Gasteiger partial charge >= 0.3 is 0 Å². The van der Waals surface area contributed by atoms with E-state index in [0.29, 0.717) is 12.0 Å². The van der Waals surface area contributed by atoms with E-state index in [0.717, 1.165) is 18.5 Å². The van der Waals surface area contributed by atoms with E-state index in [1.165, 1.54) is 45.1 Å². The molecule has 1 aliphatic carbocycles. The van der Waals surface area contributed by atoms with Crippen LogP contribution in [0.25, 0.3) is 0 Å². The topological polar surface area (TPSA) is 29.3 Å². The molecule has 0 radical (unpaired) electrons. The number of rotatable bonds is 4. The molecule has 1 saturated carbocycles. The molecular formula is C14H28N2. The number of hydrogen-bond acceptors (Lipinski definition) is 2. The second-order valence-corrected chi connectivity index (χ2v) is 5.94. The first kappa shape index (κ1) is 12.4. The first-order valence-electron chi connectivity index (χ1n) is 7.22. The summed E-state index contributed by atoms with van der Waals surface area (Å²) in [5, 5.41) is 0. The molecule has 1 aliphatic heterocycles. The van der Waals surface area contributed by atoms with Gasteiger partial charge in [-0.1, -0.05) is 33.1 Å². The molecule has 2 rings (SSSR count). The molecule has 0 amide bonds. The molecule has 0 aromatic heterocycles. The van der Waals surface area contributed by atoms with E-state index < -0.39 is 0 Å². The van der Waals surface area contributed by atoms with Crippen LogP contribution in [0, 0.1) is 11.8 Å². The van der Waals surface area contributed by atoms with E-state index in [4.69, 9.17) is 5.73 Å². The predicted octanol–water partition coefficient (Wildman–Crippen LogP) is 2.62. The molecule has 0 bridgehead atoms. The Bertz CT molecular complexity index is 217. The summed E-state index contributed by atoms with van der Waals surface area (Å²) in [6.45, 7) is 6.98. The lowest BCUT2D eigenvalue weighted by molar-refractivity contribution is 0.163. The summed E-state index contributed by atoms with van der Waals surface area (Å²) < 4.78 is 0. The van der Waals surface area contributed by atoms with Crippen LogP contribution in [0.3, 0.4) is 0 Å². The third-order valence-corrected chi connectivity index (χ3v) is 4.95. The van der Waals surface area contributed by atoms with Gasteiger partial charge in [0.1, 0.15) is 0 Å². The van der Waals surface area contributed by atoms with Gasteiger partial charge in [-0.3, -0.25) is 4.90 Å². The van der Waals surface area contributed by atoms with Gasteiger partial charge in [0, 0.05) is 18.6 Å². The Morgan fingerprint density at radius 2 is 2.00 bits per heavy atom. The van der Waals surface area contributed by atoms with Gasteiger partial charge in [-0.2, -0.15) is 0 Å². The van der Waals surface area contributed by atoms with E-state index in [-0.39, 0.29) is 0 Å². The SMILES string of the molecule is CCC(C)C(N)CN1CCC2CCCCC21. The van der Waals surface area contributed by atoms with Crippen molar-refractivity contribution in [3.8, 4) is 0 Å². The fraction of sp³-hybridized carbons (Fsp3) is 1.00. The maximum absolute atomic E-state index is 6.29. The van der Waals surface area contributed by atoms with Crippen LogP contribution in [0.15, 0.2) is 0 Å². The largest absolute Gasteiger partial charge is 0.326 e. The standard InChI is InChI=1S/C14H28N2/c1-3-11(2)13(15)10-16-9-8-12-6-4-5-7-14(12)16/h11-14H,3-10,15H2,1-2H3. The minimum Gasteiger partial charge on any atom is -0.326 e. The summed E-state index contributed by atoms with van der Waals surface area (Å²) in [5.74, 6) is 1.67. The second kappa shape index (κ2) is 5.50. The average Bonchev–Trinajstić information content (AvgIpc) is 2.72. The molecule has 2 nitrogen and oxygen atoms in total. The molecular weight excluding hydrogens is 196 g/mol. The maximum Gasteiger partial charge on any atom is 0.0193 e. The Labute approximate surface area is 101 Å². The van der Waals surface area contributed by atoms with Crippen LogP contribution < -0.4 is 5.73 Å². The quantitative estimate of drug-likeness (QED) is 0.795. The summed E-state index contributed by atoms with van der Waals surface area (Å²) in [5.41, 5.74) is 6.29. The van der Waals surface area contributed by atoms with Crippen molar-refractivity contribution in [3.63, 3.8) is 0 Å². The van der Waals surface area contributed by atoms with Crippen LogP contribution in [-0.2, 0) is 0 Å². The van der Waals surface area contributed by atoms with Crippen molar-refractivity contribution >= 4 is 0 Å². The van der Waals surface area contributed by atoms with E-state index in [1.54, 1.807) is 0 Å². The van der Waals surface area contributed by atoms with Crippen molar-refractivity contribution in [2.45, 2.75) is 64.5 Å². The van der Waals surface area contributed by atoms with E-state index >= 15 is 0 Å². The number of fused-ring (bicyclic) bond motifs is 1. The Hall–Kier alpha value is -0.0800. The summed E-state index contributed by atoms with van der Waals surface area (Å²) >= 11 is 0. The van der Waals surface area contributed by atoms with Crippen molar-refractivity contribution in [2.75, 3.05) is 13.1 Å². The zero-order valence-corrected chi connectivity index (χ0v) is 11.0. The van der Waals surface area contributed by atoms with Gasteiger partial charge in [-0.05, 0) is 37.6 Å². The number of likely N-dealkylation sites (tertiary alicyclic amines) is 1. The Balaban J connectivity index is 1.85. The van der Waals surface area contributed by atoms with Gasteiger partial charge < -0.3 is 5.73 Å². The Kier molecular flexibility index (Phi) is 4.26. The average molecular weight is 224 g/mol. The molecule has 4 atom stereocenters. The lowest BCUT2D eigenvalue weighted by Gasteiger charge is -2.34. The number of hydrogen-bond donors (Lipinski definition) is 1. The summed E-state index contributed by atoms with van der Waals surface area (Å²) in [6.07, 6.45) is 8.45. The van der Waals surface area contributed by atoms with Crippen molar-refractivity contribution in [1.82, 2.24) is 4.90 Å². The Morgan fingerprint density at radius 3 is 2.75 bits per heavy atom. The van der Waals surface area contributed by atoms with Gasteiger partial charge in [0.05, 0.1) is 0 Å². The van der Waals surface area contributed by atoms with Crippen LogP contribution in [0.4, 0.5) is 0 Å². The van der Waals surface area contributed by atoms with Crippen molar-refractivity contribution in [1.29, 1.82) is 0 Å². The molecule has 16 heavy (non-hydrogen) atoms. The van der Waals surface area contributed by atoms with Crippen LogP contribution in [0.1, 0.15) is 52.4 Å². The van der Waals surface area contributed by atoms with Crippen LogP contribution >= 0.6 is 0 Å². The van der Waals surface area contributed by atoms with Crippen LogP contribution in [-0.4, -0.2) is 30.1 Å². The number of nitrogens with two attached hydrogens (primary N) is 1. The molecule has 2 heteroatoms. The molecule has 2 N–H and O–H groups in total. The molecule has 2 fully saturated rings. The maximum atomic E-state index is 6.29. The van der Waals surface area contributed by atoms with Crippen LogP contribution in [0.2, 0.25) is 0 Å². The third-order valence-electron chi connectivity index (χ3n) is 4.95. The molecule has 1 heterocycles. The van der Waals surface area contributed by atoms with E-state index in [1.807, 2.05) is 0 Å². The molecule has 2 aliphatic rings. The fourth-order valence-corrected chi connectivity index (χ4v) is 3.48. The normalized spacial score (nSPS) is 34.7. The fourth-order valence-electron chi connectivity index (χ4n) is 3.48. The van der Waals surface area contributed by atoms with Gasteiger partial charge in [0.15, 0.2) is 0 Å². The zero-order chi connectivity index (χ0) is 11.5. The van der Waals surface area contributed by atoms with Gasteiger partial charge in [-0.15, -0.1) is 0 Å². The summed E-state index contributed by atoms with van der Waals surface area (Å²) in [6, 6.07) is 1.26. The molecule has 94 valence electrons. The first-order valence-corrected chi connectivity index (χ1v) is 7.22.